The van der Waals surface area contributed by atoms with Crippen molar-refractivity contribution in [1.29, 1.82) is 0 Å². The van der Waals surface area contributed by atoms with E-state index >= 15 is 0 Å². The molecule has 2 amide bonds. The number of anilines is 1. The van der Waals surface area contributed by atoms with Crippen LogP contribution in [0.1, 0.15) is 12.5 Å². The van der Waals surface area contributed by atoms with E-state index in [1.807, 2.05) is 42.5 Å². The minimum atomic E-state index is -1.14. The summed E-state index contributed by atoms with van der Waals surface area (Å²) in [5.41, 5.74) is 1.08. The van der Waals surface area contributed by atoms with E-state index in [1.54, 1.807) is 36.1 Å². The molecule has 0 aliphatic rings. The van der Waals surface area contributed by atoms with Crippen molar-refractivity contribution >= 4 is 11.7 Å². The second-order valence-electron chi connectivity index (χ2n) is 5.84. The van der Waals surface area contributed by atoms with E-state index in [0.29, 0.717) is 5.69 Å². The molecule has 128 valence electrons. The highest BCUT2D eigenvalue weighted by Crippen LogP contribution is 2.19. The number of aromatic nitrogens is 3. The number of benzene rings is 2. The molecule has 2 aromatic carbocycles. The SMILES string of the molecule is CC(O)(CNC(=O)Nc1ccc(-n2ccnn2)cc1)c1ccccc1. The fraction of sp³-hybridized carbons (Fsp3) is 0.167. The first-order chi connectivity index (χ1) is 12.0. The van der Waals surface area contributed by atoms with E-state index < -0.39 is 5.60 Å². The maximum atomic E-state index is 12.0. The molecule has 0 aliphatic carbocycles. The van der Waals surface area contributed by atoms with Crippen LogP contribution in [-0.2, 0) is 5.60 Å². The quantitative estimate of drug-likeness (QED) is 0.666. The van der Waals surface area contributed by atoms with E-state index in [2.05, 4.69) is 20.9 Å². The maximum absolute atomic E-state index is 12.0. The molecule has 0 radical (unpaired) electrons. The Morgan fingerprint density at radius 2 is 1.88 bits per heavy atom. The molecule has 0 saturated heterocycles. The van der Waals surface area contributed by atoms with Crippen LogP contribution in [0.2, 0.25) is 0 Å². The minimum absolute atomic E-state index is 0.0971. The van der Waals surface area contributed by atoms with Crippen molar-refractivity contribution in [2.45, 2.75) is 12.5 Å². The highest BCUT2D eigenvalue weighted by atomic mass is 16.3. The summed E-state index contributed by atoms with van der Waals surface area (Å²) in [7, 11) is 0. The first-order valence-corrected chi connectivity index (χ1v) is 7.84. The third kappa shape index (κ3) is 4.21. The smallest absolute Gasteiger partial charge is 0.319 e. The van der Waals surface area contributed by atoms with Gasteiger partial charge in [-0.05, 0) is 36.8 Å². The molecule has 7 heteroatoms. The molecule has 1 heterocycles. The lowest BCUT2D eigenvalue weighted by atomic mass is 9.96. The first-order valence-electron chi connectivity index (χ1n) is 7.84. The summed E-state index contributed by atoms with van der Waals surface area (Å²) < 4.78 is 1.63. The summed E-state index contributed by atoms with van der Waals surface area (Å²) in [6, 6.07) is 16.0. The second-order valence-corrected chi connectivity index (χ2v) is 5.84. The van der Waals surface area contributed by atoms with Gasteiger partial charge in [0, 0.05) is 5.69 Å². The van der Waals surface area contributed by atoms with Gasteiger partial charge in [-0.1, -0.05) is 35.5 Å². The number of hydrogen-bond acceptors (Lipinski definition) is 4. The zero-order valence-corrected chi connectivity index (χ0v) is 13.8. The Hall–Kier alpha value is -3.19. The Balaban J connectivity index is 1.56. The second kappa shape index (κ2) is 7.14. The lowest BCUT2D eigenvalue weighted by molar-refractivity contribution is 0.0599. The fourth-order valence-electron chi connectivity index (χ4n) is 2.37. The third-order valence-corrected chi connectivity index (χ3v) is 3.80. The van der Waals surface area contributed by atoms with Gasteiger partial charge >= 0.3 is 6.03 Å². The lowest BCUT2D eigenvalue weighted by Gasteiger charge is -2.24. The number of aliphatic hydroxyl groups is 1. The number of amides is 2. The normalized spacial score (nSPS) is 13.0. The molecule has 0 saturated carbocycles. The highest BCUT2D eigenvalue weighted by molar-refractivity contribution is 5.89. The predicted octanol–water partition coefficient (Wildman–Crippen LogP) is 2.30. The van der Waals surface area contributed by atoms with Gasteiger partial charge in [0.15, 0.2) is 0 Å². The fourth-order valence-corrected chi connectivity index (χ4v) is 2.37. The van der Waals surface area contributed by atoms with Crippen molar-refractivity contribution in [1.82, 2.24) is 20.3 Å². The van der Waals surface area contributed by atoms with E-state index in [-0.39, 0.29) is 12.6 Å². The molecule has 7 nitrogen and oxygen atoms in total. The van der Waals surface area contributed by atoms with Gasteiger partial charge in [0.25, 0.3) is 0 Å². The van der Waals surface area contributed by atoms with Crippen LogP contribution in [-0.4, -0.2) is 32.7 Å². The van der Waals surface area contributed by atoms with Gasteiger partial charge < -0.3 is 15.7 Å². The molecular weight excluding hydrogens is 318 g/mol. The van der Waals surface area contributed by atoms with Crippen molar-refractivity contribution < 1.29 is 9.90 Å². The molecular formula is C18H19N5O2. The highest BCUT2D eigenvalue weighted by Gasteiger charge is 2.23. The van der Waals surface area contributed by atoms with Crippen LogP contribution in [0.5, 0.6) is 0 Å². The van der Waals surface area contributed by atoms with E-state index in [0.717, 1.165) is 11.3 Å². The van der Waals surface area contributed by atoms with Gasteiger partial charge in [0.05, 0.1) is 24.6 Å². The van der Waals surface area contributed by atoms with Gasteiger partial charge in [-0.3, -0.25) is 0 Å². The zero-order valence-electron chi connectivity index (χ0n) is 13.8. The standard InChI is InChI=1S/C18H19N5O2/c1-18(25,14-5-3-2-4-6-14)13-19-17(24)21-15-7-9-16(10-8-15)23-12-11-20-22-23/h2-12,25H,13H2,1H3,(H2,19,21,24). The molecule has 3 N–H and O–H groups in total. The third-order valence-electron chi connectivity index (χ3n) is 3.80. The monoisotopic (exact) mass is 337 g/mol. The average molecular weight is 337 g/mol. The van der Waals surface area contributed by atoms with Crippen molar-refractivity contribution in [2.75, 3.05) is 11.9 Å². The Morgan fingerprint density at radius 1 is 1.16 bits per heavy atom. The van der Waals surface area contributed by atoms with Crippen molar-refractivity contribution in [2.24, 2.45) is 0 Å². The maximum Gasteiger partial charge on any atom is 0.319 e. The van der Waals surface area contributed by atoms with Crippen LogP contribution in [0, 0.1) is 0 Å². The summed E-state index contributed by atoms with van der Waals surface area (Å²) in [6.45, 7) is 1.76. The van der Waals surface area contributed by atoms with Crippen LogP contribution in [0.4, 0.5) is 10.5 Å². The number of hydrogen-bond donors (Lipinski definition) is 3. The molecule has 0 fully saturated rings. The number of carbonyl (C=O) groups is 1. The van der Waals surface area contributed by atoms with E-state index in [9.17, 15) is 9.90 Å². The number of urea groups is 1. The van der Waals surface area contributed by atoms with Gasteiger partial charge in [-0.2, -0.15) is 0 Å². The molecule has 0 aliphatic heterocycles. The van der Waals surface area contributed by atoms with Crippen LogP contribution < -0.4 is 10.6 Å². The number of carbonyl (C=O) groups excluding carboxylic acids is 1. The summed E-state index contributed by atoms with van der Waals surface area (Å²) in [5, 5.41) is 23.6. The molecule has 3 rings (SSSR count). The van der Waals surface area contributed by atoms with Crippen LogP contribution in [0.15, 0.2) is 67.0 Å². The average Bonchev–Trinajstić information content (AvgIpc) is 3.16. The summed E-state index contributed by atoms with van der Waals surface area (Å²) in [6.07, 6.45) is 3.33. The number of nitrogens with one attached hydrogen (secondary N) is 2. The Bertz CT molecular complexity index is 814. The summed E-state index contributed by atoms with van der Waals surface area (Å²) in [5.74, 6) is 0. The van der Waals surface area contributed by atoms with Crippen LogP contribution in [0.3, 0.4) is 0 Å². The van der Waals surface area contributed by atoms with E-state index in [4.69, 9.17) is 0 Å². The first kappa shape index (κ1) is 16.7. The summed E-state index contributed by atoms with van der Waals surface area (Å²) in [4.78, 5) is 12.0. The Labute approximate surface area is 145 Å². The predicted molar refractivity (Wildman–Crippen MR) is 94.4 cm³/mol. The van der Waals surface area contributed by atoms with E-state index in [1.165, 1.54) is 0 Å². The van der Waals surface area contributed by atoms with Crippen LogP contribution in [0.25, 0.3) is 5.69 Å². The lowest BCUT2D eigenvalue weighted by Crippen LogP contribution is -2.40. The molecule has 1 aromatic heterocycles. The van der Waals surface area contributed by atoms with Gasteiger partial charge in [-0.25, -0.2) is 9.48 Å². The Kier molecular flexibility index (Phi) is 4.76. The Morgan fingerprint density at radius 3 is 2.52 bits per heavy atom. The topological polar surface area (TPSA) is 92.1 Å². The number of rotatable bonds is 5. The number of nitrogens with zero attached hydrogens (tertiary/aromatic N) is 3. The molecule has 0 bridgehead atoms. The van der Waals surface area contributed by atoms with Gasteiger partial charge in [0.2, 0.25) is 0 Å². The zero-order chi connectivity index (χ0) is 17.7. The molecule has 3 aromatic rings. The summed E-state index contributed by atoms with van der Waals surface area (Å²) >= 11 is 0. The molecule has 0 spiro atoms. The molecule has 1 atom stereocenters. The van der Waals surface area contributed by atoms with Gasteiger partial charge in [0.1, 0.15) is 5.60 Å². The van der Waals surface area contributed by atoms with Crippen LogP contribution >= 0.6 is 0 Å². The van der Waals surface area contributed by atoms with Gasteiger partial charge in [-0.15, -0.1) is 5.10 Å². The van der Waals surface area contributed by atoms with Crippen molar-refractivity contribution in [3.05, 3.63) is 72.6 Å². The molecule has 1 unspecified atom stereocenters. The van der Waals surface area contributed by atoms with Crippen molar-refractivity contribution in [3.63, 3.8) is 0 Å². The van der Waals surface area contributed by atoms with Crippen molar-refractivity contribution in [3.8, 4) is 5.69 Å². The minimum Gasteiger partial charge on any atom is -0.384 e. The largest absolute Gasteiger partial charge is 0.384 e. The molecule has 25 heavy (non-hydrogen) atoms.